The molecule has 0 aromatic heterocycles. The predicted molar refractivity (Wildman–Crippen MR) is 44.3 cm³/mol. The van der Waals surface area contributed by atoms with Gasteiger partial charge in [-0.25, -0.2) is 4.79 Å². The zero-order valence-electron chi connectivity index (χ0n) is 8.34. The van der Waals surface area contributed by atoms with Crippen molar-refractivity contribution < 1.29 is 53.9 Å². The van der Waals surface area contributed by atoms with Gasteiger partial charge in [-0.05, 0) is 18.2 Å². The number of benzene rings is 1. The van der Waals surface area contributed by atoms with Crippen molar-refractivity contribution in [3.05, 3.63) is 29.8 Å². The standard InChI is InChI=1S/C7H6O5S.Na.H/c8-7(9)5-2-1-3-6(4-5)13(10,11)12;;/h1-4H,(H,8,9)(H,10,11,12);;/q;+1;-1. The van der Waals surface area contributed by atoms with Gasteiger partial charge in [0.1, 0.15) is 0 Å². The van der Waals surface area contributed by atoms with Crippen LogP contribution in [0, 0.1) is 0 Å². The molecule has 0 aliphatic rings. The third kappa shape index (κ3) is 3.39. The quantitative estimate of drug-likeness (QED) is 0.439. The Morgan fingerprint density at radius 2 is 1.93 bits per heavy atom. The molecule has 0 spiro atoms. The molecule has 7 heteroatoms. The smallest absolute Gasteiger partial charge is 1.00 e. The molecule has 0 saturated heterocycles. The maximum atomic E-state index is 10.6. The van der Waals surface area contributed by atoms with Gasteiger partial charge in [0.2, 0.25) is 0 Å². The van der Waals surface area contributed by atoms with E-state index < -0.39 is 21.0 Å². The van der Waals surface area contributed by atoms with Gasteiger partial charge in [0.05, 0.1) is 10.5 Å². The van der Waals surface area contributed by atoms with E-state index in [0.717, 1.165) is 12.1 Å². The van der Waals surface area contributed by atoms with Gasteiger partial charge >= 0.3 is 35.5 Å². The Bertz CT molecular complexity index is 444. The summed E-state index contributed by atoms with van der Waals surface area (Å²) in [6.45, 7) is 0. The molecule has 0 atom stereocenters. The van der Waals surface area contributed by atoms with Crippen molar-refractivity contribution in [2.75, 3.05) is 0 Å². The van der Waals surface area contributed by atoms with E-state index >= 15 is 0 Å². The third-order valence-corrected chi connectivity index (χ3v) is 2.23. The molecule has 0 unspecified atom stereocenters. The second kappa shape index (κ2) is 4.90. The molecule has 1 aromatic carbocycles. The van der Waals surface area contributed by atoms with Gasteiger partial charge < -0.3 is 6.53 Å². The molecule has 0 bridgehead atoms. The van der Waals surface area contributed by atoms with Crippen LogP contribution < -0.4 is 29.6 Å². The van der Waals surface area contributed by atoms with Crippen LogP contribution in [0.25, 0.3) is 0 Å². The second-order valence-electron chi connectivity index (χ2n) is 2.31. The van der Waals surface area contributed by atoms with Gasteiger partial charge in [-0.15, -0.1) is 0 Å². The van der Waals surface area contributed by atoms with Crippen LogP contribution in [0.1, 0.15) is 11.8 Å². The van der Waals surface area contributed by atoms with Crippen LogP contribution in [0.5, 0.6) is 0 Å². The van der Waals surface area contributed by atoms with Crippen LogP contribution in [0.2, 0.25) is 0 Å². The van der Waals surface area contributed by atoms with Crippen LogP contribution in [-0.4, -0.2) is 24.0 Å². The van der Waals surface area contributed by atoms with Crippen LogP contribution in [0.15, 0.2) is 29.2 Å². The Morgan fingerprint density at radius 3 is 2.36 bits per heavy atom. The average Bonchev–Trinajstić information content (AvgIpc) is 2.03. The first-order valence-electron chi connectivity index (χ1n) is 3.22. The summed E-state index contributed by atoms with van der Waals surface area (Å²) in [6.07, 6.45) is 0. The van der Waals surface area contributed by atoms with Gasteiger partial charge in [-0.1, -0.05) is 6.07 Å². The Morgan fingerprint density at radius 1 is 1.36 bits per heavy atom. The average molecular weight is 226 g/mol. The van der Waals surface area contributed by atoms with E-state index in [0.29, 0.717) is 0 Å². The Hall–Kier alpha value is -0.400. The number of hydrogen-bond donors (Lipinski definition) is 2. The van der Waals surface area contributed by atoms with E-state index in [1.165, 1.54) is 12.1 Å². The van der Waals surface area contributed by atoms with E-state index in [-0.39, 0.29) is 36.5 Å². The molecule has 72 valence electrons. The molecule has 0 aliphatic carbocycles. The first-order chi connectivity index (χ1) is 5.91. The number of hydrogen-bond acceptors (Lipinski definition) is 3. The minimum Gasteiger partial charge on any atom is -1.00 e. The van der Waals surface area contributed by atoms with Crippen LogP contribution in [0.3, 0.4) is 0 Å². The number of carbonyl (C=O) groups is 1. The van der Waals surface area contributed by atoms with Crippen molar-refractivity contribution in [1.82, 2.24) is 0 Å². The predicted octanol–water partition coefficient (Wildman–Crippen LogP) is -2.25. The zero-order chi connectivity index (χ0) is 10.1. The van der Waals surface area contributed by atoms with E-state index in [1.807, 2.05) is 0 Å². The molecule has 0 saturated carbocycles. The van der Waals surface area contributed by atoms with E-state index in [1.54, 1.807) is 0 Å². The molecule has 1 aromatic rings. The summed E-state index contributed by atoms with van der Waals surface area (Å²) in [5.41, 5.74) is -0.185. The summed E-state index contributed by atoms with van der Waals surface area (Å²) >= 11 is 0. The van der Waals surface area contributed by atoms with Gasteiger partial charge in [0, 0.05) is 0 Å². The number of carboxylic acids is 1. The monoisotopic (exact) mass is 226 g/mol. The maximum absolute atomic E-state index is 10.6. The van der Waals surface area contributed by atoms with E-state index in [9.17, 15) is 13.2 Å². The first-order valence-corrected chi connectivity index (χ1v) is 4.66. The molecule has 5 nitrogen and oxygen atoms in total. The minimum absolute atomic E-state index is 0. The Balaban J connectivity index is 0. The van der Waals surface area contributed by atoms with Crippen molar-refractivity contribution in [2.24, 2.45) is 0 Å². The van der Waals surface area contributed by atoms with E-state index in [2.05, 4.69) is 0 Å². The summed E-state index contributed by atoms with van der Waals surface area (Å²) in [5, 5.41) is 8.50. The number of aromatic carboxylic acids is 1. The van der Waals surface area contributed by atoms with Gasteiger partial charge in [-0.3, -0.25) is 4.55 Å². The molecule has 0 radical (unpaired) electrons. The van der Waals surface area contributed by atoms with E-state index in [4.69, 9.17) is 9.66 Å². The second-order valence-corrected chi connectivity index (χ2v) is 3.73. The van der Waals surface area contributed by atoms with Gasteiger partial charge in [0.15, 0.2) is 0 Å². The minimum atomic E-state index is -4.32. The molecule has 14 heavy (non-hydrogen) atoms. The van der Waals surface area contributed by atoms with Crippen molar-refractivity contribution in [2.45, 2.75) is 4.90 Å². The molecule has 1 rings (SSSR count). The van der Waals surface area contributed by atoms with Crippen molar-refractivity contribution in [1.29, 1.82) is 0 Å². The molecule has 0 heterocycles. The Kier molecular flexibility index (Phi) is 4.76. The first kappa shape index (κ1) is 13.6. The summed E-state index contributed by atoms with van der Waals surface area (Å²) in [5.74, 6) is -1.24. The SMILES string of the molecule is O=C(O)c1cccc(S(=O)(=O)O)c1.[H-].[Na+]. The number of carboxylic acid groups (broad SMARTS) is 1. The molecule has 0 fully saturated rings. The molecular weight excluding hydrogens is 219 g/mol. The topological polar surface area (TPSA) is 91.7 Å². The van der Waals surface area contributed by atoms with Crippen LogP contribution in [-0.2, 0) is 10.1 Å². The molecular formula is C7H7NaO5S. The van der Waals surface area contributed by atoms with Crippen molar-refractivity contribution in [3.8, 4) is 0 Å². The maximum Gasteiger partial charge on any atom is 1.00 e. The van der Waals surface area contributed by atoms with Gasteiger partial charge in [0.25, 0.3) is 10.1 Å². The third-order valence-electron chi connectivity index (χ3n) is 1.38. The summed E-state index contributed by atoms with van der Waals surface area (Å²) in [4.78, 5) is 9.98. The fourth-order valence-corrected chi connectivity index (χ4v) is 1.32. The Labute approximate surface area is 104 Å². The zero-order valence-corrected chi connectivity index (χ0v) is 10.2. The van der Waals surface area contributed by atoms with Crippen molar-refractivity contribution >= 4 is 16.1 Å². The molecule has 0 aliphatic heterocycles. The largest absolute Gasteiger partial charge is 1.00 e. The number of rotatable bonds is 2. The molecule has 2 N–H and O–H groups in total. The van der Waals surface area contributed by atoms with Crippen LogP contribution in [0.4, 0.5) is 0 Å². The summed E-state index contributed by atoms with van der Waals surface area (Å²) < 4.78 is 29.7. The fourth-order valence-electron chi connectivity index (χ4n) is 0.790. The normalized spacial score (nSPS) is 10.4. The summed E-state index contributed by atoms with van der Waals surface area (Å²) in [7, 11) is -4.32. The van der Waals surface area contributed by atoms with Crippen LogP contribution >= 0.6 is 0 Å². The molecule has 0 amide bonds. The van der Waals surface area contributed by atoms with Gasteiger partial charge in [-0.2, -0.15) is 8.42 Å². The van der Waals surface area contributed by atoms with Crippen molar-refractivity contribution in [3.63, 3.8) is 0 Å². The summed E-state index contributed by atoms with van der Waals surface area (Å²) in [6, 6.07) is 4.48. The fraction of sp³-hybridized carbons (Fsp3) is 0.